The molecule has 2 heteroatoms. The molecule has 0 saturated heterocycles. The summed E-state index contributed by atoms with van der Waals surface area (Å²) < 4.78 is 1.35. The lowest BCUT2D eigenvalue weighted by atomic mass is 9.81. The van der Waals surface area contributed by atoms with E-state index in [4.69, 9.17) is 0 Å². The normalized spacial score (nSPS) is 21.7. The van der Waals surface area contributed by atoms with Crippen LogP contribution in [0.1, 0.15) is 46.1 Å². The number of benzene rings is 1. The van der Waals surface area contributed by atoms with Crippen molar-refractivity contribution < 1.29 is 0 Å². The number of anilines is 1. The Morgan fingerprint density at radius 3 is 2.71 bits per heavy atom. The molecule has 0 aromatic heterocycles. The lowest BCUT2D eigenvalue weighted by Crippen LogP contribution is -2.39. The number of hydrogen-bond acceptors (Lipinski definition) is 1. The topological polar surface area (TPSA) is 3.24 Å². The zero-order valence-corrected chi connectivity index (χ0v) is 13.4. The first-order valence-corrected chi connectivity index (χ1v) is 7.63. The van der Waals surface area contributed by atoms with Crippen LogP contribution in [0.5, 0.6) is 0 Å². The van der Waals surface area contributed by atoms with E-state index >= 15 is 0 Å². The van der Waals surface area contributed by atoms with Crippen LogP contribution in [0.3, 0.4) is 0 Å². The van der Waals surface area contributed by atoms with E-state index in [0.29, 0.717) is 6.04 Å². The first kappa shape index (κ1) is 13.2. The molecule has 0 saturated carbocycles. The smallest absolute Gasteiger partial charge is 0.0408 e. The summed E-state index contributed by atoms with van der Waals surface area (Å²) in [6.45, 7) is 10.6. The fourth-order valence-corrected chi connectivity index (χ4v) is 3.23. The minimum absolute atomic E-state index is 0.268. The van der Waals surface area contributed by atoms with Crippen LogP contribution in [0.25, 0.3) is 0 Å². The van der Waals surface area contributed by atoms with Gasteiger partial charge >= 0.3 is 0 Å². The number of unbranched alkanes of at least 4 members (excludes halogenated alkanes) is 1. The largest absolute Gasteiger partial charge is 0.368 e. The van der Waals surface area contributed by atoms with Gasteiger partial charge in [-0.15, -0.1) is 0 Å². The standard InChI is InChI=1S/C15H22IN/c1-5-6-9-17-11(2)15(3,4)13-10-12(16)7-8-14(13)17/h7-8,10-11H,5-6,9H2,1-4H3. The summed E-state index contributed by atoms with van der Waals surface area (Å²) in [5, 5.41) is 0. The zero-order chi connectivity index (χ0) is 12.6. The Bertz CT molecular complexity index is 411. The highest BCUT2D eigenvalue weighted by Gasteiger charge is 2.41. The predicted octanol–water partition coefficient (Wildman–Crippen LogP) is 4.58. The molecule has 1 aromatic carbocycles. The molecule has 1 unspecified atom stereocenters. The second-order valence-electron chi connectivity index (χ2n) is 5.61. The predicted molar refractivity (Wildman–Crippen MR) is 83.9 cm³/mol. The van der Waals surface area contributed by atoms with E-state index in [1.54, 1.807) is 0 Å². The average molecular weight is 343 g/mol. The Morgan fingerprint density at radius 1 is 1.35 bits per heavy atom. The minimum atomic E-state index is 0.268. The molecule has 0 fully saturated rings. The maximum absolute atomic E-state index is 2.59. The summed E-state index contributed by atoms with van der Waals surface area (Å²) in [6, 6.07) is 7.49. The lowest BCUT2D eigenvalue weighted by Gasteiger charge is -2.31. The van der Waals surface area contributed by atoms with Crippen molar-refractivity contribution in [3.05, 3.63) is 27.3 Å². The molecule has 1 aromatic rings. The van der Waals surface area contributed by atoms with Gasteiger partial charge in [0.05, 0.1) is 0 Å². The van der Waals surface area contributed by atoms with Crippen molar-refractivity contribution in [2.75, 3.05) is 11.4 Å². The molecule has 0 amide bonds. The van der Waals surface area contributed by atoms with Gasteiger partial charge in [-0.25, -0.2) is 0 Å². The maximum atomic E-state index is 2.59. The number of halogens is 1. The van der Waals surface area contributed by atoms with E-state index in [0.717, 1.165) is 0 Å². The number of nitrogens with zero attached hydrogens (tertiary/aromatic N) is 1. The van der Waals surface area contributed by atoms with Crippen molar-refractivity contribution >= 4 is 28.3 Å². The number of rotatable bonds is 3. The van der Waals surface area contributed by atoms with Gasteiger partial charge in [-0.05, 0) is 59.7 Å². The highest BCUT2D eigenvalue weighted by atomic mass is 127. The van der Waals surface area contributed by atoms with E-state index in [-0.39, 0.29) is 5.41 Å². The highest BCUT2D eigenvalue weighted by Crippen LogP contribution is 2.45. The van der Waals surface area contributed by atoms with Crippen LogP contribution in [0, 0.1) is 3.57 Å². The van der Waals surface area contributed by atoms with Gasteiger partial charge in [0.1, 0.15) is 0 Å². The van der Waals surface area contributed by atoms with Crippen LogP contribution in [0.2, 0.25) is 0 Å². The molecular formula is C15H22IN. The monoisotopic (exact) mass is 343 g/mol. The van der Waals surface area contributed by atoms with Crippen molar-refractivity contribution in [3.8, 4) is 0 Å². The maximum Gasteiger partial charge on any atom is 0.0408 e. The molecule has 0 N–H and O–H groups in total. The van der Waals surface area contributed by atoms with Crippen LogP contribution in [-0.4, -0.2) is 12.6 Å². The minimum Gasteiger partial charge on any atom is -0.368 e. The van der Waals surface area contributed by atoms with E-state index in [1.807, 2.05) is 0 Å². The van der Waals surface area contributed by atoms with Gasteiger partial charge in [-0.1, -0.05) is 27.2 Å². The highest BCUT2D eigenvalue weighted by molar-refractivity contribution is 14.1. The third-order valence-corrected chi connectivity index (χ3v) is 4.90. The van der Waals surface area contributed by atoms with Crippen LogP contribution < -0.4 is 4.90 Å². The Hall–Kier alpha value is -0.250. The fraction of sp³-hybridized carbons (Fsp3) is 0.600. The lowest BCUT2D eigenvalue weighted by molar-refractivity contribution is 0.438. The van der Waals surface area contributed by atoms with Crippen LogP contribution in [0.4, 0.5) is 5.69 Å². The van der Waals surface area contributed by atoms with E-state index in [9.17, 15) is 0 Å². The Balaban J connectivity index is 2.40. The van der Waals surface area contributed by atoms with Crippen molar-refractivity contribution in [2.24, 2.45) is 0 Å². The molecule has 17 heavy (non-hydrogen) atoms. The summed E-state index contributed by atoms with van der Waals surface area (Å²) in [5.74, 6) is 0. The van der Waals surface area contributed by atoms with Crippen LogP contribution >= 0.6 is 22.6 Å². The third kappa shape index (κ3) is 2.20. The molecular weight excluding hydrogens is 321 g/mol. The Kier molecular flexibility index (Phi) is 3.71. The molecule has 0 bridgehead atoms. The van der Waals surface area contributed by atoms with Crippen LogP contribution in [0.15, 0.2) is 18.2 Å². The fourth-order valence-electron chi connectivity index (χ4n) is 2.74. The average Bonchev–Trinajstić information content (AvgIpc) is 2.47. The first-order chi connectivity index (χ1) is 7.98. The second-order valence-corrected chi connectivity index (χ2v) is 6.85. The Morgan fingerprint density at radius 2 is 2.06 bits per heavy atom. The van der Waals surface area contributed by atoms with Gasteiger partial charge in [0.2, 0.25) is 0 Å². The summed E-state index contributed by atoms with van der Waals surface area (Å²) >= 11 is 2.41. The number of hydrogen-bond donors (Lipinski definition) is 0. The zero-order valence-electron chi connectivity index (χ0n) is 11.3. The van der Waals surface area contributed by atoms with Crippen molar-refractivity contribution in [1.82, 2.24) is 0 Å². The molecule has 2 rings (SSSR count). The summed E-state index contributed by atoms with van der Waals surface area (Å²) in [7, 11) is 0. The molecule has 1 nitrogen and oxygen atoms in total. The third-order valence-electron chi connectivity index (χ3n) is 4.23. The summed E-state index contributed by atoms with van der Waals surface area (Å²) in [5.41, 5.74) is 3.24. The van der Waals surface area contributed by atoms with Crippen LogP contribution in [-0.2, 0) is 5.41 Å². The van der Waals surface area contributed by atoms with Gasteiger partial charge < -0.3 is 4.90 Å². The van der Waals surface area contributed by atoms with Crippen molar-refractivity contribution in [3.63, 3.8) is 0 Å². The molecule has 1 aliphatic rings. The van der Waals surface area contributed by atoms with Crippen molar-refractivity contribution in [2.45, 2.75) is 52.0 Å². The Labute approximate surface area is 119 Å². The molecule has 0 radical (unpaired) electrons. The quantitative estimate of drug-likeness (QED) is 0.727. The molecule has 0 spiro atoms. The van der Waals surface area contributed by atoms with E-state index < -0.39 is 0 Å². The van der Waals surface area contributed by atoms with Gasteiger partial charge in [-0.2, -0.15) is 0 Å². The van der Waals surface area contributed by atoms with Gasteiger partial charge in [-0.3, -0.25) is 0 Å². The SMILES string of the molecule is CCCCN1c2ccc(I)cc2C(C)(C)C1C. The van der Waals surface area contributed by atoms with E-state index in [1.165, 1.54) is 34.2 Å². The van der Waals surface area contributed by atoms with Gasteiger partial charge in [0.15, 0.2) is 0 Å². The molecule has 1 atom stereocenters. The van der Waals surface area contributed by atoms with E-state index in [2.05, 4.69) is 73.4 Å². The van der Waals surface area contributed by atoms with Crippen molar-refractivity contribution in [1.29, 1.82) is 0 Å². The number of fused-ring (bicyclic) bond motifs is 1. The molecule has 94 valence electrons. The molecule has 1 aliphatic heterocycles. The van der Waals surface area contributed by atoms with Gasteiger partial charge in [0.25, 0.3) is 0 Å². The molecule has 0 aliphatic carbocycles. The molecule has 1 heterocycles. The summed E-state index contributed by atoms with van der Waals surface area (Å²) in [4.78, 5) is 2.59. The summed E-state index contributed by atoms with van der Waals surface area (Å²) in [6.07, 6.45) is 2.55. The van der Waals surface area contributed by atoms with Gasteiger partial charge in [0, 0.05) is 27.3 Å². The first-order valence-electron chi connectivity index (χ1n) is 6.55. The second kappa shape index (κ2) is 4.79.